The Morgan fingerprint density at radius 3 is 2.24 bits per heavy atom. The average Bonchev–Trinajstić information content (AvgIpc) is 2.31. The summed E-state index contributed by atoms with van der Waals surface area (Å²) in [6, 6.07) is 9.34. The minimum atomic E-state index is 0. The van der Waals surface area contributed by atoms with Crippen molar-refractivity contribution in [3.63, 3.8) is 0 Å². The molecule has 0 amide bonds. The van der Waals surface area contributed by atoms with Crippen molar-refractivity contribution in [3.05, 3.63) is 24.3 Å². The zero-order valence-corrected chi connectivity index (χ0v) is 12.4. The molecular formula is C12H20Cl2N2S. The van der Waals surface area contributed by atoms with Gasteiger partial charge < -0.3 is 10.6 Å². The topological polar surface area (TPSA) is 24.1 Å². The molecule has 1 fully saturated rings. The summed E-state index contributed by atoms with van der Waals surface area (Å²) in [6.07, 6.45) is 4.56. The van der Waals surface area contributed by atoms with E-state index in [0.29, 0.717) is 6.04 Å². The van der Waals surface area contributed by atoms with Crippen LogP contribution in [-0.2, 0) is 0 Å². The van der Waals surface area contributed by atoms with Crippen LogP contribution < -0.4 is 10.6 Å². The molecule has 0 atom stereocenters. The molecule has 98 valence electrons. The molecule has 1 aromatic rings. The van der Waals surface area contributed by atoms with Gasteiger partial charge in [0.25, 0.3) is 0 Å². The van der Waals surface area contributed by atoms with E-state index in [9.17, 15) is 0 Å². The first-order chi connectivity index (χ1) is 7.38. The van der Waals surface area contributed by atoms with Gasteiger partial charge in [-0.2, -0.15) is 0 Å². The van der Waals surface area contributed by atoms with Crippen LogP contribution in [0.25, 0.3) is 0 Å². The quantitative estimate of drug-likeness (QED) is 0.836. The number of nitrogens with one attached hydrogen (secondary N) is 2. The van der Waals surface area contributed by atoms with Crippen molar-refractivity contribution in [2.75, 3.05) is 24.7 Å². The summed E-state index contributed by atoms with van der Waals surface area (Å²) in [5.41, 5.74) is 1.25. The number of halogens is 2. The highest BCUT2D eigenvalue weighted by Crippen LogP contribution is 2.19. The lowest BCUT2D eigenvalue weighted by molar-refractivity contribution is 0.479. The molecule has 2 N–H and O–H groups in total. The second-order valence-corrected chi connectivity index (χ2v) is 4.78. The molecule has 2 rings (SSSR count). The van der Waals surface area contributed by atoms with Crippen molar-refractivity contribution < 1.29 is 0 Å². The van der Waals surface area contributed by atoms with Gasteiger partial charge in [-0.3, -0.25) is 0 Å². The molecule has 2 nitrogen and oxygen atoms in total. The highest BCUT2D eigenvalue weighted by Gasteiger charge is 2.11. The second-order valence-electron chi connectivity index (χ2n) is 3.90. The molecule has 17 heavy (non-hydrogen) atoms. The fraction of sp³-hybridized carbons (Fsp3) is 0.500. The van der Waals surface area contributed by atoms with Crippen LogP contribution in [-0.4, -0.2) is 25.4 Å². The highest BCUT2D eigenvalue weighted by molar-refractivity contribution is 7.98. The molecule has 1 aliphatic rings. The molecule has 1 saturated heterocycles. The van der Waals surface area contributed by atoms with Gasteiger partial charge in [-0.15, -0.1) is 36.6 Å². The Labute approximate surface area is 120 Å². The van der Waals surface area contributed by atoms with Gasteiger partial charge in [0.15, 0.2) is 0 Å². The number of anilines is 1. The monoisotopic (exact) mass is 294 g/mol. The third kappa shape index (κ3) is 5.38. The van der Waals surface area contributed by atoms with Gasteiger partial charge in [-0.1, -0.05) is 0 Å². The largest absolute Gasteiger partial charge is 0.382 e. The van der Waals surface area contributed by atoms with E-state index in [4.69, 9.17) is 0 Å². The Morgan fingerprint density at radius 1 is 1.12 bits per heavy atom. The number of thioether (sulfide) groups is 1. The first kappa shape index (κ1) is 16.9. The van der Waals surface area contributed by atoms with E-state index in [0.717, 1.165) is 13.1 Å². The van der Waals surface area contributed by atoms with Crippen LogP contribution in [0.5, 0.6) is 0 Å². The Bertz CT molecular complexity index is 300. The maximum Gasteiger partial charge on any atom is 0.0343 e. The van der Waals surface area contributed by atoms with Crippen LogP contribution in [0.4, 0.5) is 5.69 Å². The van der Waals surface area contributed by atoms with Gasteiger partial charge in [0.1, 0.15) is 0 Å². The molecule has 0 saturated carbocycles. The summed E-state index contributed by atoms with van der Waals surface area (Å²) < 4.78 is 0. The van der Waals surface area contributed by atoms with Crippen molar-refractivity contribution in [2.45, 2.75) is 23.8 Å². The van der Waals surface area contributed by atoms with Crippen LogP contribution >= 0.6 is 36.6 Å². The van der Waals surface area contributed by atoms with Crippen molar-refractivity contribution in [1.29, 1.82) is 0 Å². The van der Waals surface area contributed by atoms with E-state index < -0.39 is 0 Å². The predicted molar refractivity (Wildman–Crippen MR) is 82.2 cm³/mol. The molecule has 0 aromatic heterocycles. The van der Waals surface area contributed by atoms with E-state index in [2.05, 4.69) is 41.2 Å². The standard InChI is InChI=1S/C12H18N2S.2ClH/c1-15-12-4-2-10(3-5-12)14-11-6-8-13-9-7-11;;/h2-5,11,13-14H,6-9H2,1H3;2*1H. The maximum atomic E-state index is 3.58. The summed E-state index contributed by atoms with van der Waals surface area (Å²) in [7, 11) is 0. The normalized spacial score (nSPS) is 15.6. The molecule has 5 heteroatoms. The summed E-state index contributed by atoms with van der Waals surface area (Å²) in [4.78, 5) is 1.32. The fourth-order valence-corrected chi connectivity index (χ4v) is 2.30. The average molecular weight is 295 g/mol. The predicted octanol–water partition coefficient (Wildman–Crippen LogP) is 3.42. The molecule has 0 spiro atoms. The fourth-order valence-electron chi connectivity index (χ4n) is 1.89. The third-order valence-corrected chi connectivity index (χ3v) is 3.54. The number of hydrogen-bond acceptors (Lipinski definition) is 3. The van der Waals surface area contributed by atoms with E-state index in [1.807, 2.05) is 0 Å². The molecule has 0 unspecified atom stereocenters. The van der Waals surface area contributed by atoms with Crippen molar-refractivity contribution in [3.8, 4) is 0 Å². The number of piperidine rings is 1. The van der Waals surface area contributed by atoms with Crippen LogP contribution in [0, 0.1) is 0 Å². The third-order valence-electron chi connectivity index (χ3n) is 2.80. The first-order valence-corrected chi connectivity index (χ1v) is 6.72. The lowest BCUT2D eigenvalue weighted by atomic mass is 10.1. The smallest absolute Gasteiger partial charge is 0.0343 e. The Balaban J connectivity index is 0.00000128. The van der Waals surface area contributed by atoms with Gasteiger partial charge in [0.05, 0.1) is 0 Å². The van der Waals surface area contributed by atoms with Gasteiger partial charge in [-0.05, 0) is 56.5 Å². The zero-order chi connectivity index (χ0) is 10.5. The number of benzene rings is 1. The van der Waals surface area contributed by atoms with Crippen LogP contribution in [0.15, 0.2) is 29.2 Å². The minimum Gasteiger partial charge on any atom is -0.382 e. The summed E-state index contributed by atoms with van der Waals surface area (Å²) in [5, 5.41) is 6.96. The first-order valence-electron chi connectivity index (χ1n) is 5.50. The van der Waals surface area contributed by atoms with Gasteiger partial charge >= 0.3 is 0 Å². The van der Waals surface area contributed by atoms with E-state index in [1.54, 1.807) is 11.8 Å². The number of hydrogen-bond donors (Lipinski definition) is 2. The molecule has 1 heterocycles. The molecule has 0 bridgehead atoms. The van der Waals surface area contributed by atoms with Crippen molar-refractivity contribution >= 4 is 42.3 Å². The summed E-state index contributed by atoms with van der Waals surface area (Å²) in [6.45, 7) is 2.28. The molecule has 1 aromatic carbocycles. The van der Waals surface area contributed by atoms with E-state index >= 15 is 0 Å². The molecule has 1 aliphatic heterocycles. The van der Waals surface area contributed by atoms with Crippen LogP contribution in [0.1, 0.15) is 12.8 Å². The summed E-state index contributed by atoms with van der Waals surface area (Å²) >= 11 is 1.79. The van der Waals surface area contributed by atoms with E-state index in [-0.39, 0.29) is 24.8 Å². The Morgan fingerprint density at radius 2 is 1.71 bits per heavy atom. The Kier molecular flexibility index (Phi) is 8.88. The summed E-state index contributed by atoms with van der Waals surface area (Å²) in [5.74, 6) is 0. The van der Waals surface area contributed by atoms with Crippen molar-refractivity contribution in [2.24, 2.45) is 0 Å². The minimum absolute atomic E-state index is 0. The SMILES string of the molecule is CSc1ccc(NC2CCNCC2)cc1.Cl.Cl. The molecular weight excluding hydrogens is 275 g/mol. The van der Waals surface area contributed by atoms with Crippen LogP contribution in [0.3, 0.4) is 0 Å². The van der Waals surface area contributed by atoms with Gasteiger partial charge in [0, 0.05) is 16.6 Å². The zero-order valence-electron chi connectivity index (χ0n) is 9.94. The number of rotatable bonds is 3. The van der Waals surface area contributed by atoms with E-state index in [1.165, 1.54) is 23.4 Å². The molecule has 0 aliphatic carbocycles. The van der Waals surface area contributed by atoms with Gasteiger partial charge in [-0.25, -0.2) is 0 Å². The molecule has 0 radical (unpaired) electrons. The van der Waals surface area contributed by atoms with Crippen LogP contribution in [0.2, 0.25) is 0 Å². The second kappa shape index (κ2) is 8.92. The lowest BCUT2D eigenvalue weighted by Crippen LogP contribution is -2.35. The lowest BCUT2D eigenvalue weighted by Gasteiger charge is -2.24. The van der Waals surface area contributed by atoms with Gasteiger partial charge in [0.2, 0.25) is 0 Å². The Hall–Kier alpha value is -0.0900. The van der Waals surface area contributed by atoms with Crippen molar-refractivity contribution in [1.82, 2.24) is 5.32 Å². The highest BCUT2D eigenvalue weighted by atomic mass is 35.5. The maximum absolute atomic E-state index is 3.58.